The second-order valence-electron chi connectivity index (χ2n) is 4.37. The molecule has 0 aliphatic rings. The molecule has 0 radical (unpaired) electrons. The Balaban J connectivity index is 2.18. The highest BCUT2D eigenvalue weighted by Gasteiger charge is 2.19. The molecule has 1 aromatic carbocycles. The SMILES string of the molecule is Cn1ncc2c(Oc3cccc(I)c3)c(C(=O)O)cnc21. The number of rotatable bonds is 3. The normalized spacial score (nSPS) is 10.8. The van der Waals surface area contributed by atoms with Crippen molar-refractivity contribution in [2.45, 2.75) is 0 Å². The summed E-state index contributed by atoms with van der Waals surface area (Å²) >= 11 is 2.17. The molecule has 0 bridgehead atoms. The van der Waals surface area contributed by atoms with E-state index in [1.165, 1.54) is 6.20 Å². The standard InChI is InChI=1S/C14H10IN3O3/c1-18-13-10(7-17-18)12(11(6-16-13)14(19)20)21-9-4-2-3-8(15)5-9/h2-7H,1H3,(H,19,20). The van der Waals surface area contributed by atoms with Crippen molar-refractivity contribution in [3.8, 4) is 11.5 Å². The van der Waals surface area contributed by atoms with Gasteiger partial charge in [-0.2, -0.15) is 5.10 Å². The average Bonchev–Trinajstić information content (AvgIpc) is 2.81. The molecule has 21 heavy (non-hydrogen) atoms. The van der Waals surface area contributed by atoms with Crippen molar-refractivity contribution < 1.29 is 14.6 Å². The lowest BCUT2D eigenvalue weighted by Crippen LogP contribution is -2.02. The van der Waals surface area contributed by atoms with Gasteiger partial charge in [-0.3, -0.25) is 4.68 Å². The van der Waals surface area contributed by atoms with E-state index in [2.05, 4.69) is 32.7 Å². The second kappa shape index (κ2) is 5.32. The van der Waals surface area contributed by atoms with Crippen molar-refractivity contribution >= 4 is 39.6 Å². The molecule has 0 aliphatic carbocycles. The monoisotopic (exact) mass is 395 g/mol. The molecule has 106 valence electrons. The number of aromatic carboxylic acids is 1. The van der Waals surface area contributed by atoms with Crippen molar-refractivity contribution in [3.63, 3.8) is 0 Å². The molecule has 2 aromatic heterocycles. The first-order valence-electron chi connectivity index (χ1n) is 6.03. The van der Waals surface area contributed by atoms with Crippen LogP contribution in [-0.2, 0) is 7.05 Å². The predicted molar refractivity (Wildman–Crippen MR) is 84.7 cm³/mol. The molecule has 3 rings (SSSR count). The van der Waals surface area contributed by atoms with E-state index >= 15 is 0 Å². The van der Waals surface area contributed by atoms with Crippen LogP contribution in [0.3, 0.4) is 0 Å². The Morgan fingerprint density at radius 1 is 1.38 bits per heavy atom. The third kappa shape index (κ3) is 2.56. The topological polar surface area (TPSA) is 77.2 Å². The number of pyridine rings is 1. The largest absolute Gasteiger partial charge is 0.477 e. The predicted octanol–water partition coefficient (Wildman–Crippen LogP) is 3.06. The number of hydrogen-bond donors (Lipinski definition) is 1. The maximum Gasteiger partial charge on any atom is 0.341 e. The summed E-state index contributed by atoms with van der Waals surface area (Å²) in [5.74, 6) is -0.266. The summed E-state index contributed by atoms with van der Waals surface area (Å²) < 4.78 is 8.37. The first-order valence-corrected chi connectivity index (χ1v) is 7.11. The molecule has 0 aliphatic heterocycles. The van der Waals surface area contributed by atoms with Gasteiger partial charge in [0.25, 0.3) is 0 Å². The lowest BCUT2D eigenvalue weighted by atomic mass is 10.2. The molecule has 0 saturated heterocycles. The molecule has 0 unspecified atom stereocenters. The van der Waals surface area contributed by atoms with Crippen molar-refractivity contribution in [2.75, 3.05) is 0 Å². The Morgan fingerprint density at radius 3 is 2.90 bits per heavy atom. The summed E-state index contributed by atoms with van der Waals surface area (Å²) in [7, 11) is 1.74. The first-order chi connectivity index (χ1) is 10.1. The number of carboxylic acid groups (broad SMARTS) is 1. The number of hydrogen-bond acceptors (Lipinski definition) is 4. The highest BCUT2D eigenvalue weighted by Crippen LogP contribution is 2.32. The molecule has 0 amide bonds. The van der Waals surface area contributed by atoms with Crippen molar-refractivity contribution in [3.05, 3.63) is 45.8 Å². The van der Waals surface area contributed by atoms with Crippen LogP contribution in [0.15, 0.2) is 36.7 Å². The molecule has 1 N–H and O–H groups in total. The van der Waals surface area contributed by atoms with E-state index < -0.39 is 5.97 Å². The third-order valence-electron chi connectivity index (χ3n) is 2.96. The van der Waals surface area contributed by atoms with Crippen LogP contribution in [0, 0.1) is 3.57 Å². The van der Waals surface area contributed by atoms with Gasteiger partial charge in [-0.05, 0) is 40.8 Å². The van der Waals surface area contributed by atoms with Crippen LogP contribution in [0.25, 0.3) is 11.0 Å². The molecular weight excluding hydrogens is 385 g/mol. The van der Waals surface area contributed by atoms with E-state index in [-0.39, 0.29) is 11.3 Å². The van der Waals surface area contributed by atoms with Crippen LogP contribution < -0.4 is 4.74 Å². The Labute approximate surface area is 133 Å². The van der Waals surface area contributed by atoms with Crippen LogP contribution in [-0.4, -0.2) is 25.8 Å². The summed E-state index contributed by atoms with van der Waals surface area (Å²) in [6.45, 7) is 0. The van der Waals surface area contributed by atoms with E-state index in [0.717, 1.165) is 3.57 Å². The van der Waals surface area contributed by atoms with Crippen molar-refractivity contribution in [1.82, 2.24) is 14.8 Å². The minimum atomic E-state index is -1.09. The zero-order chi connectivity index (χ0) is 15.0. The van der Waals surface area contributed by atoms with Gasteiger partial charge in [0.2, 0.25) is 0 Å². The number of aromatic nitrogens is 3. The van der Waals surface area contributed by atoms with Crippen LogP contribution in [0.4, 0.5) is 0 Å². The summed E-state index contributed by atoms with van der Waals surface area (Å²) in [4.78, 5) is 15.5. The summed E-state index contributed by atoms with van der Waals surface area (Å²) in [5, 5.41) is 14.0. The van der Waals surface area contributed by atoms with Gasteiger partial charge in [0.05, 0.1) is 11.6 Å². The molecule has 0 atom stereocenters. The number of aryl methyl sites for hydroxylation is 1. The molecule has 3 aromatic rings. The molecular formula is C14H10IN3O3. The minimum absolute atomic E-state index is 0.00867. The number of carboxylic acids is 1. The van der Waals surface area contributed by atoms with E-state index in [1.807, 2.05) is 18.2 Å². The van der Waals surface area contributed by atoms with Gasteiger partial charge in [0, 0.05) is 16.8 Å². The summed E-state index contributed by atoms with van der Waals surface area (Å²) in [6, 6.07) is 7.38. The molecule has 7 heteroatoms. The van der Waals surface area contributed by atoms with Gasteiger partial charge in [0.1, 0.15) is 11.3 Å². The van der Waals surface area contributed by atoms with Crippen LogP contribution >= 0.6 is 22.6 Å². The van der Waals surface area contributed by atoms with E-state index in [9.17, 15) is 9.90 Å². The lowest BCUT2D eigenvalue weighted by Gasteiger charge is -2.10. The Bertz CT molecular complexity index is 845. The van der Waals surface area contributed by atoms with Gasteiger partial charge in [-0.25, -0.2) is 9.78 Å². The molecule has 0 spiro atoms. The number of benzene rings is 1. The zero-order valence-electron chi connectivity index (χ0n) is 10.9. The Morgan fingerprint density at radius 2 is 2.19 bits per heavy atom. The molecule has 6 nitrogen and oxygen atoms in total. The van der Waals surface area contributed by atoms with Gasteiger partial charge < -0.3 is 9.84 Å². The van der Waals surface area contributed by atoms with Gasteiger partial charge >= 0.3 is 5.97 Å². The maximum atomic E-state index is 11.4. The van der Waals surface area contributed by atoms with E-state index in [4.69, 9.17) is 4.74 Å². The Hall–Kier alpha value is -2.16. The van der Waals surface area contributed by atoms with Crippen molar-refractivity contribution in [1.29, 1.82) is 0 Å². The number of carbonyl (C=O) groups is 1. The molecule has 2 heterocycles. The van der Waals surface area contributed by atoms with Crippen LogP contribution in [0.1, 0.15) is 10.4 Å². The van der Waals surface area contributed by atoms with Gasteiger partial charge in [-0.1, -0.05) is 6.07 Å². The number of ether oxygens (including phenoxy) is 1. The Kier molecular flexibility index (Phi) is 3.50. The van der Waals surface area contributed by atoms with E-state index in [0.29, 0.717) is 16.8 Å². The lowest BCUT2D eigenvalue weighted by molar-refractivity contribution is 0.0694. The number of fused-ring (bicyclic) bond motifs is 1. The molecule has 0 saturated carbocycles. The smallest absolute Gasteiger partial charge is 0.341 e. The highest BCUT2D eigenvalue weighted by molar-refractivity contribution is 14.1. The van der Waals surface area contributed by atoms with Crippen LogP contribution in [0.5, 0.6) is 11.5 Å². The fraction of sp³-hybridized carbons (Fsp3) is 0.0714. The van der Waals surface area contributed by atoms with Crippen molar-refractivity contribution in [2.24, 2.45) is 7.05 Å². The number of nitrogens with zero attached hydrogens (tertiary/aromatic N) is 3. The first kappa shape index (κ1) is 13.8. The van der Waals surface area contributed by atoms with Gasteiger partial charge in [0.15, 0.2) is 11.4 Å². The second-order valence-corrected chi connectivity index (χ2v) is 5.62. The zero-order valence-corrected chi connectivity index (χ0v) is 13.1. The maximum absolute atomic E-state index is 11.4. The highest BCUT2D eigenvalue weighted by atomic mass is 127. The number of halogens is 1. The van der Waals surface area contributed by atoms with E-state index in [1.54, 1.807) is 24.0 Å². The average molecular weight is 395 g/mol. The summed E-state index contributed by atoms with van der Waals surface area (Å²) in [6.07, 6.45) is 2.84. The minimum Gasteiger partial charge on any atom is -0.477 e. The van der Waals surface area contributed by atoms with Gasteiger partial charge in [-0.15, -0.1) is 0 Å². The van der Waals surface area contributed by atoms with Crippen LogP contribution in [0.2, 0.25) is 0 Å². The fourth-order valence-electron chi connectivity index (χ4n) is 1.98. The fourth-order valence-corrected chi connectivity index (χ4v) is 2.50. The molecule has 0 fully saturated rings. The third-order valence-corrected chi connectivity index (χ3v) is 3.63. The summed E-state index contributed by atoms with van der Waals surface area (Å²) in [5.41, 5.74) is 0.579. The quantitative estimate of drug-likeness (QED) is 0.690.